The highest BCUT2D eigenvalue weighted by atomic mass is 32.3. The highest BCUT2D eigenvalue weighted by Gasteiger charge is 2.38. The lowest BCUT2D eigenvalue weighted by atomic mass is 10.1. The zero-order valence-electron chi connectivity index (χ0n) is 32.8. The summed E-state index contributed by atoms with van der Waals surface area (Å²) in [5.74, 6) is -2.07. The first-order valence-corrected chi connectivity index (χ1v) is 24.3. The van der Waals surface area contributed by atoms with E-state index in [2.05, 4.69) is 30.0 Å². The molecule has 5 rings (SSSR count). The van der Waals surface area contributed by atoms with Gasteiger partial charge in [0.1, 0.15) is 37.8 Å². The lowest BCUT2D eigenvalue weighted by Gasteiger charge is -2.36. The summed E-state index contributed by atoms with van der Waals surface area (Å²) in [4.78, 5) is 19.2. The maximum absolute atomic E-state index is 13.5. The average Bonchev–Trinajstić information content (AvgIpc) is 3.21. The lowest BCUT2D eigenvalue weighted by molar-refractivity contribution is -0.698. The number of nitrogens with two attached hydrogens (primary N) is 1. The second-order valence-corrected chi connectivity index (χ2v) is 20.9. The number of nitrogens with one attached hydrogen (secondary N) is 1. The Labute approximate surface area is 366 Å². The van der Waals surface area contributed by atoms with Crippen LogP contribution < -0.4 is 15.6 Å². The fourth-order valence-corrected chi connectivity index (χ4v) is 9.59. The Morgan fingerprint density at radius 1 is 0.859 bits per heavy atom. The number of azo groups is 2. The van der Waals surface area contributed by atoms with Gasteiger partial charge in [0.25, 0.3) is 31.5 Å². The number of phenolic OH excluding ortho intramolecular Hbond substituents is 1. The molecule has 24 nitrogen and oxygen atoms in total. The van der Waals surface area contributed by atoms with Crippen molar-refractivity contribution in [2.75, 3.05) is 5.73 Å². The summed E-state index contributed by atoms with van der Waals surface area (Å²) in [5, 5.41) is 26.8. The standard InChI is InChI=1S/C35H33N7O17S5/c1-19(59-64(56,57)58)35(3,60(46)47)37-34(45)22-7-4-8-23(14-22)38-41-32-30(63(53,54)55)16-26-25(33(32)44)10-11-27(36)31(26)40-39-28-12-9-24(15-29(28)62(50,51)52)61(48,49)20(2)42-13-5-6-21(17-42)18-43/h4-20H,1-3H3,(H7-,36,37,38,39,44,45,46,47,50,51,52,53,54,55,56,57,58). The van der Waals surface area contributed by atoms with Crippen LogP contribution in [0.1, 0.15) is 46.9 Å². The van der Waals surface area contributed by atoms with Gasteiger partial charge >= 0.3 is 10.4 Å². The lowest BCUT2D eigenvalue weighted by Crippen LogP contribution is -2.57. The number of amides is 1. The van der Waals surface area contributed by atoms with E-state index in [4.69, 9.17) is 10.3 Å². The summed E-state index contributed by atoms with van der Waals surface area (Å²) < 4.78 is 159. The molecule has 0 radical (unpaired) electrons. The smallest absolute Gasteiger partial charge is 0.397 e. The Morgan fingerprint density at radius 3 is 2.12 bits per heavy atom. The zero-order chi connectivity index (χ0) is 47.7. The Morgan fingerprint density at radius 2 is 1.52 bits per heavy atom. The average molecular weight is 984 g/mol. The summed E-state index contributed by atoms with van der Waals surface area (Å²) in [5.41, 5.74) is 3.55. The van der Waals surface area contributed by atoms with E-state index in [0.29, 0.717) is 12.4 Å². The molecule has 7 N–H and O–H groups in total. The van der Waals surface area contributed by atoms with Crippen molar-refractivity contribution in [3.8, 4) is 5.75 Å². The number of phenols is 1. The number of hydrogen-bond acceptors (Lipinski definition) is 19. The predicted octanol–water partition coefficient (Wildman–Crippen LogP) is 4.08. The van der Waals surface area contributed by atoms with Gasteiger partial charge in [0.2, 0.25) is 9.84 Å². The van der Waals surface area contributed by atoms with Gasteiger partial charge in [0.15, 0.2) is 24.4 Å². The molecular weight excluding hydrogens is 951 g/mol. The third kappa shape index (κ3) is 10.7. The minimum Gasteiger partial charge on any atom is -0.770 e. The fraction of sp³-hybridized carbons (Fsp3) is 0.171. The molecule has 0 aliphatic carbocycles. The van der Waals surface area contributed by atoms with Crippen LogP contribution in [0.2, 0.25) is 0 Å². The second kappa shape index (κ2) is 18.2. The van der Waals surface area contributed by atoms with E-state index in [1.165, 1.54) is 60.3 Å². The number of anilines is 1. The van der Waals surface area contributed by atoms with E-state index in [1.54, 1.807) is 0 Å². The van der Waals surface area contributed by atoms with Gasteiger partial charge in [0.05, 0.1) is 21.8 Å². The molecule has 0 aliphatic rings. The molecule has 4 aromatic carbocycles. The molecule has 0 saturated heterocycles. The molecule has 0 spiro atoms. The number of carbonyl (C=O) groups is 2. The third-order valence-corrected chi connectivity index (χ3v) is 14.7. The van der Waals surface area contributed by atoms with Crippen molar-refractivity contribution in [2.24, 2.45) is 20.5 Å². The molecule has 1 aromatic heterocycles. The van der Waals surface area contributed by atoms with Gasteiger partial charge in [-0.25, -0.2) is 12.6 Å². The van der Waals surface area contributed by atoms with Crippen molar-refractivity contribution in [1.29, 1.82) is 0 Å². The van der Waals surface area contributed by atoms with Gasteiger partial charge in [-0.1, -0.05) is 6.07 Å². The Kier molecular flexibility index (Phi) is 14.0. The van der Waals surface area contributed by atoms with Crippen LogP contribution in [0.3, 0.4) is 0 Å². The van der Waals surface area contributed by atoms with Crippen LogP contribution >= 0.6 is 0 Å². The number of aldehydes is 1. The maximum Gasteiger partial charge on any atom is 0.397 e. The van der Waals surface area contributed by atoms with Crippen LogP contribution in [0.25, 0.3) is 10.8 Å². The number of aromatic hydroxyl groups is 1. The molecule has 0 fully saturated rings. The van der Waals surface area contributed by atoms with Crippen molar-refractivity contribution in [3.05, 3.63) is 96.3 Å². The number of sulfone groups is 1. The molecular formula is C35H33N7O17S5. The van der Waals surface area contributed by atoms with Crippen LogP contribution in [0.15, 0.2) is 120 Å². The molecule has 64 heavy (non-hydrogen) atoms. The van der Waals surface area contributed by atoms with Crippen LogP contribution in [0, 0.1) is 0 Å². The normalized spacial score (nSPS) is 15.2. The molecule has 4 unspecified atom stereocenters. The summed E-state index contributed by atoms with van der Waals surface area (Å²) in [6.07, 6.45) is 1.25. The van der Waals surface area contributed by atoms with Gasteiger partial charge in [-0.2, -0.15) is 34.9 Å². The number of hydrogen-bond donors (Lipinski definition) is 6. The van der Waals surface area contributed by atoms with Crippen LogP contribution in [0.4, 0.5) is 28.4 Å². The van der Waals surface area contributed by atoms with Crippen LogP contribution in [-0.2, 0) is 55.7 Å². The van der Waals surface area contributed by atoms with E-state index in [1.807, 2.05) is 0 Å². The maximum atomic E-state index is 13.5. The molecule has 29 heteroatoms. The summed E-state index contributed by atoms with van der Waals surface area (Å²) in [6, 6.07) is 13.0. The number of pyridine rings is 1. The van der Waals surface area contributed by atoms with E-state index in [9.17, 15) is 66.2 Å². The third-order valence-electron chi connectivity index (χ3n) is 9.28. The number of nitrogens with zero attached hydrogens (tertiary/aromatic N) is 5. The number of benzene rings is 4. The number of aromatic nitrogens is 1. The Bertz CT molecular complexity index is 3280. The first-order chi connectivity index (χ1) is 29.6. The van der Waals surface area contributed by atoms with E-state index in [0.717, 1.165) is 44.2 Å². The highest BCUT2D eigenvalue weighted by molar-refractivity contribution is 7.91. The van der Waals surface area contributed by atoms with E-state index >= 15 is 0 Å². The molecule has 1 amide bonds. The Balaban J connectivity index is 1.54. The minimum atomic E-state index is -5.31. The first-order valence-electron chi connectivity index (χ1n) is 17.5. The first kappa shape index (κ1) is 49.0. The van der Waals surface area contributed by atoms with Gasteiger partial charge in [-0.05, 0) is 85.6 Å². The zero-order valence-corrected chi connectivity index (χ0v) is 36.8. The summed E-state index contributed by atoms with van der Waals surface area (Å²) in [6.45, 7) is 3.08. The number of carbonyl (C=O) groups excluding carboxylic acids is 2. The number of fused-ring (bicyclic) bond motifs is 1. The fourth-order valence-electron chi connectivity index (χ4n) is 5.72. The minimum absolute atomic E-state index is 0.145. The van der Waals surface area contributed by atoms with Gasteiger partial charge in [0, 0.05) is 29.3 Å². The molecule has 340 valence electrons. The van der Waals surface area contributed by atoms with Gasteiger partial charge < -0.3 is 20.7 Å². The van der Waals surface area contributed by atoms with Crippen molar-refractivity contribution in [3.63, 3.8) is 0 Å². The van der Waals surface area contributed by atoms with Crippen molar-refractivity contribution < 1.29 is 79.5 Å². The number of rotatable bonds is 16. The number of nitrogen functional groups attached to an aromatic ring is 1. The van der Waals surface area contributed by atoms with E-state index in [-0.39, 0.29) is 33.3 Å². The van der Waals surface area contributed by atoms with Gasteiger partial charge in [-0.15, -0.1) is 15.3 Å². The summed E-state index contributed by atoms with van der Waals surface area (Å²) >= 11 is -3.23. The topological polar surface area (TPSA) is 392 Å². The molecule has 0 aliphatic heterocycles. The van der Waals surface area contributed by atoms with Crippen molar-refractivity contribution >= 4 is 103 Å². The highest BCUT2D eigenvalue weighted by Crippen LogP contribution is 2.46. The molecule has 5 aromatic rings. The summed E-state index contributed by atoms with van der Waals surface area (Å²) in [7, 11) is -20.1. The van der Waals surface area contributed by atoms with Crippen molar-refractivity contribution in [2.45, 2.75) is 51.8 Å². The SMILES string of the molecule is CC(OS(=O)(=O)O)C(C)(NC(=O)c1cccc(N=Nc2c(S(=O)(=O)O)cc3c(N=Nc4ccc(S(=O)(=O)C(C)[n+]5cccc(C=O)c5)cc4S(=O)(=O)O)c(N)ccc3c2O)c1)S(=O)[O-]. The van der Waals surface area contributed by atoms with Crippen molar-refractivity contribution in [1.82, 2.24) is 5.32 Å². The van der Waals surface area contributed by atoms with Crippen LogP contribution in [-0.4, -0.2) is 84.4 Å². The largest absolute Gasteiger partial charge is 0.770 e. The molecule has 4 atom stereocenters. The van der Waals surface area contributed by atoms with Gasteiger partial charge in [-0.3, -0.25) is 27.5 Å². The quantitative estimate of drug-likeness (QED) is 0.0202. The molecule has 0 bridgehead atoms. The van der Waals surface area contributed by atoms with E-state index < -0.39 is 111 Å². The van der Waals surface area contributed by atoms with Crippen LogP contribution in [0.5, 0.6) is 5.75 Å². The monoisotopic (exact) mass is 983 g/mol. The molecule has 0 saturated carbocycles. The Hall–Kier alpha value is -6.02. The second-order valence-electron chi connectivity index (χ2n) is 13.5. The molecule has 1 heterocycles. The predicted molar refractivity (Wildman–Crippen MR) is 222 cm³/mol.